The van der Waals surface area contributed by atoms with Crippen molar-refractivity contribution in [2.75, 3.05) is 5.75 Å². The van der Waals surface area contributed by atoms with Crippen LogP contribution in [-0.2, 0) is 10.8 Å². The van der Waals surface area contributed by atoms with Crippen LogP contribution in [0.2, 0.25) is 0 Å². The van der Waals surface area contributed by atoms with Gasteiger partial charge in [0.25, 0.3) is 0 Å². The monoisotopic (exact) mass is 152 g/mol. The van der Waals surface area contributed by atoms with Crippen LogP contribution >= 0.6 is 0 Å². The molecular formula is C8H8OS. The molecule has 1 fully saturated rings. The Bertz CT molecular complexity index is 255. The second kappa shape index (κ2) is 2.20. The number of hydrogen-bond acceptors (Lipinski definition) is 1. The molecule has 52 valence electrons. The van der Waals surface area contributed by atoms with E-state index in [0.717, 1.165) is 5.75 Å². The van der Waals surface area contributed by atoms with Crippen LogP contribution in [0, 0.1) is 0 Å². The average Bonchev–Trinajstić information content (AvgIpc) is 2.69. The van der Waals surface area contributed by atoms with Crippen LogP contribution in [0.15, 0.2) is 30.3 Å². The van der Waals surface area contributed by atoms with Crippen molar-refractivity contribution in [3.8, 4) is 0 Å². The van der Waals surface area contributed by atoms with Crippen LogP contribution in [0.1, 0.15) is 10.8 Å². The minimum Gasteiger partial charge on any atom is -0.259 e. The van der Waals surface area contributed by atoms with E-state index < -0.39 is 10.8 Å². The fraction of sp³-hybridized carbons (Fsp3) is 0.250. The number of benzene rings is 1. The highest BCUT2D eigenvalue weighted by Crippen LogP contribution is 2.33. The molecule has 1 nitrogen and oxygen atoms in total. The third kappa shape index (κ3) is 0.991. The molecule has 0 radical (unpaired) electrons. The van der Waals surface area contributed by atoms with E-state index in [1.807, 2.05) is 30.3 Å². The average molecular weight is 152 g/mol. The van der Waals surface area contributed by atoms with E-state index in [1.165, 1.54) is 5.56 Å². The second-order valence-electron chi connectivity index (χ2n) is 2.45. The van der Waals surface area contributed by atoms with Crippen LogP contribution < -0.4 is 0 Å². The summed E-state index contributed by atoms with van der Waals surface area (Å²) < 4.78 is 10.8. The van der Waals surface area contributed by atoms with Gasteiger partial charge in [0.15, 0.2) is 0 Å². The minimum atomic E-state index is -0.550. The van der Waals surface area contributed by atoms with Crippen molar-refractivity contribution in [2.45, 2.75) is 5.25 Å². The molecule has 0 bridgehead atoms. The molecule has 1 aromatic rings. The molecule has 0 aromatic heterocycles. The predicted molar refractivity (Wildman–Crippen MR) is 42.2 cm³/mol. The Labute approximate surface area is 62.5 Å². The van der Waals surface area contributed by atoms with Crippen LogP contribution in [-0.4, -0.2) is 9.96 Å². The largest absolute Gasteiger partial charge is 0.259 e. The van der Waals surface area contributed by atoms with E-state index in [2.05, 4.69) is 0 Å². The van der Waals surface area contributed by atoms with Crippen molar-refractivity contribution in [1.29, 1.82) is 0 Å². The maximum absolute atomic E-state index is 10.8. The quantitative estimate of drug-likeness (QED) is 0.557. The van der Waals surface area contributed by atoms with Gasteiger partial charge in [0, 0.05) is 16.6 Å². The molecule has 0 N–H and O–H groups in total. The predicted octanol–water partition coefficient (Wildman–Crippen LogP) is 1.49. The van der Waals surface area contributed by atoms with Crippen molar-refractivity contribution in [1.82, 2.24) is 0 Å². The van der Waals surface area contributed by atoms with E-state index in [9.17, 15) is 4.21 Å². The molecule has 1 saturated heterocycles. The summed E-state index contributed by atoms with van der Waals surface area (Å²) in [7, 11) is -0.550. The Morgan fingerprint density at radius 3 is 2.40 bits per heavy atom. The Hall–Kier alpha value is -0.630. The lowest BCUT2D eigenvalue weighted by molar-refractivity contribution is 0.693. The molecule has 0 amide bonds. The topological polar surface area (TPSA) is 17.1 Å². The van der Waals surface area contributed by atoms with Crippen molar-refractivity contribution in [2.24, 2.45) is 0 Å². The Kier molecular flexibility index (Phi) is 1.34. The molecule has 1 heterocycles. The zero-order chi connectivity index (χ0) is 6.97. The van der Waals surface area contributed by atoms with E-state index in [1.54, 1.807) is 0 Å². The van der Waals surface area contributed by atoms with Crippen molar-refractivity contribution >= 4 is 10.8 Å². The summed E-state index contributed by atoms with van der Waals surface area (Å²) in [4.78, 5) is 0. The molecule has 0 aliphatic carbocycles. The molecule has 2 rings (SSSR count). The fourth-order valence-electron chi connectivity index (χ4n) is 1.03. The summed E-state index contributed by atoms with van der Waals surface area (Å²) in [6.07, 6.45) is 0. The van der Waals surface area contributed by atoms with Gasteiger partial charge in [0.2, 0.25) is 0 Å². The second-order valence-corrected chi connectivity index (χ2v) is 4.11. The fourth-order valence-corrected chi connectivity index (χ4v) is 2.07. The van der Waals surface area contributed by atoms with E-state index >= 15 is 0 Å². The van der Waals surface area contributed by atoms with Crippen molar-refractivity contribution in [3.05, 3.63) is 35.9 Å². The Morgan fingerprint density at radius 2 is 1.90 bits per heavy atom. The Morgan fingerprint density at radius 1 is 1.30 bits per heavy atom. The van der Waals surface area contributed by atoms with Crippen LogP contribution in [0.4, 0.5) is 0 Å². The summed E-state index contributed by atoms with van der Waals surface area (Å²) in [6, 6.07) is 10.0. The molecule has 10 heavy (non-hydrogen) atoms. The third-order valence-electron chi connectivity index (χ3n) is 1.69. The van der Waals surface area contributed by atoms with E-state index in [0.29, 0.717) is 5.25 Å². The molecule has 1 aromatic carbocycles. The van der Waals surface area contributed by atoms with Gasteiger partial charge in [-0.05, 0) is 5.56 Å². The summed E-state index contributed by atoms with van der Waals surface area (Å²) in [5.41, 5.74) is 1.22. The van der Waals surface area contributed by atoms with Gasteiger partial charge in [0.05, 0.1) is 5.25 Å². The maximum atomic E-state index is 10.8. The first-order chi connectivity index (χ1) is 4.88. The van der Waals surface area contributed by atoms with Gasteiger partial charge in [-0.25, -0.2) is 0 Å². The van der Waals surface area contributed by atoms with Crippen molar-refractivity contribution in [3.63, 3.8) is 0 Å². The lowest BCUT2D eigenvalue weighted by Gasteiger charge is -1.90. The summed E-state index contributed by atoms with van der Waals surface area (Å²) >= 11 is 0. The van der Waals surface area contributed by atoms with Crippen molar-refractivity contribution < 1.29 is 4.21 Å². The Balaban J connectivity index is 2.28. The van der Waals surface area contributed by atoms with Gasteiger partial charge < -0.3 is 0 Å². The molecular weight excluding hydrogens is 144 g/mol. The van der Waals surface area contributed by atoms with Crippen LogP contribution in [0.5, 0.6) is 0 Å². The highest BCUT2D eigenvalue weighted by Gasteiger charge is 2.33. The highest BCUT2D eigenvalue weighted by atomic mass is 32.2. The molecule has 1 aliphatic heterocycles. The molecule has 0 saturated carbocycles. The van der Waals surface area contributed by atoms with Gasteiger partial charge in [-0.15, -0.1) is 0 Å². The minimum absolute atomic E-state index is 0.348. The standard InChI is InChI=1S/C8H8OS/c9-10-6-8(10)7-4-2-1-3-5-7/h1-5,8H,6H2. The van der Waals surface area contributed by atoms with Gasteiger partial charge in [-0.1, -0.05) is 30.3 Å². The first-order valence-corrected chi connectivity index (χ1v) is 4.68. The lowest BCUT2D eigenvalue weighted by Crippen LogP contribution is -1.76. The smallest absolute Gasteiger partial charge is 0.0713 e. The molecule has 2 atom stereocenters. The zero-order valence-electron chi connectivity index (χ0n) is 5.49. The molecule has 2 unspecified atom stereocenters. The zero-order valence-corrected chi connectivity index (χ0v) is 6.30. The normalized spacial score (nSPS) is 30.0. The summed E-state index contributed by atoms with van der Waals surface area (Å²) in [5, 5.41) is 0.348. The van der Waals surface area contributed by atoms with E-state index in [4.69, 9.17) is 0 Å². The molecule has 0 spiro atoms. The van der Waals surface area contributed by atoms with Crippen LogP contribution in [0.3, 0.4) is 0 Å². The SMILES string of the molecule is O=S1CC1c1ccccc1. The van der Waals surface area contributed by atoms with Gasteiger partial charge in [-0.3, -0.25) is 4.21 Å². The van der Waals surface area contributed by atoms with Crippen LogP contribution in [0.25, 0.3) is 0 Å². The third-order valence-corrected chi connectivity index (χ3v) is 3.00. The number of hydrogen-bond donors (Lipinski definition) is 0. The number of rotatable bonds is 1. The highest BCUT2D eigenvalue weighted by molar-refractivity contribution is 7.92. The summed E-state index contributed by atoms with van der Waals surface area (Å²) in [6.45, 7) is 0. The van der Waals surface area contributed by atoms with Gasteiger partial charge in [0.1, 0.15) is 0 Å². The molecule has 1 aliphatic rings. The summed E-state index contributed by atoms with van der Waals surface area (Å²) in [5.74, 6) is 0.865. The first kappa shape index (κ1) is 6.10. The van der Waals surface area contributed by atoms with Gasteiger partial charge >= 0.3 is 0 Å². The van der Waals surface area contributed by atoms with Gasteiger partial charge in [-0.2, -0.15) is 0 Å². The first-order valence-electron chi connectivity index (χ1n) is 3.30. The lowest BCUT2D eigenvalue weighted by atomic mass is 10.2. The maximum Gasteiger partial charge on any atom is 0.0713 e. The van der Waals surface area contributed by atoms with E-state index in [-0.39, 0.29) is 0 Å². The molecule has 2 heteroatoms.